The Hall–Kier alpha value is -3.80. The molecule has 4 aromatic rings. The summed E-state index contributed by atoms with van der Waals surface area (Å²) in [4.78, 5) is 23.1. The number of fused-ring (bicyclic) bond motifs is 3. The molecular weight excluding hydrogens is 628 g/mol. The molecular formula is C37H45FN6O3S. The number of likely N-dealkylation sites (tertiary alicyclic amines) is 1. The van der Waals surface area contributed by atoms with Crippen LogP contribution in [0.1, 0.15) is 78.3 Å². The van der Waals surface area contributed by atoms with Crippen molar-refractivity contribution in [2.75, 3.05) is 32.0 Å². The number of para-hydroxylation sites is 2. The van der Waals surface area contributed by atoms with Gasteiger partial charge in [0.25, 0.3) is 5.91 Å². The number of nitrogens with one attached hydrogen (secondary N) is 1. The lowest BCUT2D eigenvalue weighted by atomic mass is 9.70. The number of halogens is 1. The topological polar surface area (TPSA) is 114 Å². The number of nitrogens with two attached hydrogens (primary N) is 1. The maximum absolute atomic E-state index is 14.2. The average Bonchev–Trinajstić information content (AvgIpc) is 3.56. The average molecular weight is 673 g/mol. The molecule has 3 saturated heterocycles. The first-order valence-corrected chi connectivity index (χ1v) is 18.6. The number of sulfonamides is 1. The van der Waals surface area contributed by atoms with Gasteiger partial charge in [0.2, 0.25) is 10.0 Å². The maximum Gasteiger partial charge on any atom is 0.256 e. The van der Waals surface area contributed by atoms with Crippen molar-refractivity contribution < 1.29 is 17.6 Å². The Balaban J connectivity index is 1.09. The highest BCUT2D eigenvalue weighted by atomic mass is 32.2. The van der Waals surface area contributed by atoms with Crippen molar-refractivity contribution in [3.63, 3.8) is 0 Å². The number of nitrogens with zero attached hydrogens (tertiary/aromatic N) is 4. The third kappa shape index (κ3) is 5.79. The molecule has 3 aliphatic rings. The van der Waals surface area contributed by atoms with Crippen LogP contribution in [0.3, 0.4) is 0 Å². The first kappa shape index (κ1) is 32.7. The van der Waals surface area contributed by atoms with E-state index < -0.39 is 16.7 Å². The highest BCUT2D eigenvalue weighted by molar-refractivity contribution is 7.89. The standard InChI is InChI=1S/C37H45FN6O3S/c1-25-41-31-10-6-7-11-32(31)44(25)30-22-28-13-14-29(23-30)43(28)21-18-37(27-8-4-3-5-9-27)16-19-42(20-17-37)36(45)34-26(24-38)12-15-33(35(34)40-2)48(39,46)47/h3-12,15,28-30,40H,13-14,16-24H2,1-2H3,(H2,39,46,47). The molecule has 3 aliphatic heterocycles. The van der Waals surface area contributed by atoms with Crippen molar-refractivity contribution in [3.05, 3.63) is 89.2 Å². The summed E-state index contributed by atoms with van der Waals surface area (Å²) < 4.78 is 41.3. The van der Waals surface area contributed by atoms with Crippen molar-refractivity contribution >= 4 is 32.7 Å². The summed E-state index contributed by atoms with van der Waals surface area (Å²) >= 11 is 0. The van der Waals surface area contributed by atoms with Gasteiger partial charge in [-0.2, -0.15) is 0 Å². The molecule has 48 heavy (non-hydrogen) atoms. The van der Waals surface area contributed by atoms with Crippen LogP contribution in [-0.4, -0.2) is 72.4 Å². The van der Waals surface area contributed by atoms with Crippen LogP contribution in [0.5, 0.6) is 0 Å². The number of aromatic nitrogens is 2. The van der Waals surface area contributed by atoms with E-state index in [2.05, 4.69) is 70.2 Å². The van der Waals surface area contributed by atoms with Gasteiger partial charge in [-0.3, -0.25) is 9.69 Å². The molecule has 1 amide bonds. The third-order valence-corrected chi connectivity index (χ3v) is 12.4. The van der Waals surface area contributed by atoms with Crippen LogP contribution >= 0.6 is 0 Å². The van der Waals surface area contributed by atoms with Crippen LogP contribution in [0.2, 0.25) is 0 Å². The van der Waals surface area contributed by atoms with Crippen LogP contribution < -0.4 is 10.5 Å². The predicted molar refractivity (Wildman–Crippen MR) is 186 cm³/mol. The lowest BCUT2D eigenvalue weighted by molar-refractivity contribution is 0.0606. The molecule has 4 heterocycles. The normalized spacial score (nSPS) is 22.7. The van der Waals surface area contributed by atoms with Gasteiger partial charge in [-0.15, -0.1) is 0 Å². The summed E-state index contributed by atoms with van der Waals surface area (Å²) in [5.74, 6) is 0.719. The number of hydrogen-bond acceptors (Lipinski definition) is 6. The summed E-state index contributed by atoms with van der Waals surface area (Å²) in [6.07, 6.45) is 7.21. The summed E-state index contributed by atoms with van der Waals surface area (Å²) in [6, 6.07) is 23.2. The van der Waals surface area contributed by atoms with Crippen molar-refractivity contribution in [3.8, 4) is 0 Å². The van der Waals surface area contributed by atoms with E-state index >= 15 is 0 Å². The predicted octanol–water partition coefficient (Wildman–Crippen LogP) is 5.94. The zero-order chi connectivity index (χ0) is 33.6. The Morgan fingerprint density at radius 1 is 0.979 bits per heavy atom. The van der Waals surface area contributed by atoms with Crippen LogP contribution in [0, 0.1) is 6.92 Å². The van der Waals surface area contributed by atoms with E-state index in [1.807, 2.05) is 6.07 Å². The van der Waals surface area contributed by atoms with Gasteiger partial charge < -0.3 is 14.8 Å². The molecule has 9 nitrogen and oxygen atoms in total. The number of carbonyl (C=O) groups is 1. The number of primary sulfonamides is 1. The van der Waals surface area contributed by atoms with E-state index in [4.69, 9.17) is 10.1 Å². The van der Waals surface area contributed by atoms with Crippen LogP contribution in [0.15, 0.2) is 71.6 Å². The number of carbonyl (C=O) groups excluding carboxylic acids is 1. The highest BCUT2D eigenvalue weighted by Crippen LogP contribution is 2.45. The van der Waals surface area contributed by atoms with Gasteiger partial charge in [0.15, 0.2) is 0 Å². The van der Waals surface area contributed by atoms with E-state index in [0.29, 0.717) is 31.2 Å². The Morgan fingerprint density at radius 2 is 1.65 bits per heavy atom. The van der Waals surface area contributed by atoms with Gasteiger partial charge in [-0.25, -0.2) is 22.9 Å². The second-order valence-corrected chi connectivity index (χ2v) is 15.4. The summed E-state index contributed by atoms with van der Waals surface area (Å²) in [5.41, 5.74) is 3.72. The molecule has 0 aliphatic carbocycles. The fraction of sp³-hybridized carbons (Fsp3) is 0.459. The Morgan fingerprint density at radius 3 is 2.29 bits per heavy atom. The summed E-state index contributed by atoms with van der Waals surface area (Å²) in [5, 5.41) is 8.28. The fourth-order valence-electron chi connectivity index (χ4n) is 9.03. The molecule has 0 radical (unpaired) electrons. The molecule has 2 atom stereocenters. The number of hydrogen-bond donors (Lipinski definition) is 2. The molecule has 3 aromatic carbocycles. The monoisotopic (exact) mass is 672 g/mol. The second kappa shape index (κ2) is 12.9. The van der Waals surface area contributed by atoms with Gasteiger partial charge in [0.1, 0.15) is 17.4 Å². The number of alkyl halides is 1. The van der Waals surface area contributed by atoms with Crippen LogP contribution in [-0.2, 0) is 22.1 Å². The van der Waals surface area contributed by atoms with Crippen LogP contribution in [0.4, 0.5) is 10.1 Å². The van der Waals surface area contributed by atoms with Crippen molar-refractivity contribution in [2.24, 2.45) is 5.14 Å². The van der Waals surface area contributed by atoms with E-state index in [1.54, 1.807) is 4.90 Å². The Bertz CT molecular complexity index is 1910. The Labute approximate surface area is 282 Å². The lowest BCUT2D eigenvalue weighted by Gasteiger charge is -2.46. The van der Waals surface area contributed by atoms with E-state index in [-0.39, 0.29) is 33.0 Å². The van der Waals surface area contributed by atoms with E-state index in [1.165, 1.54) is 43.1 Å². The van der Waals surface area contributed by atoms with E-state index in [9.17, 15) is 17.6 Å². The van der Waals surface area contributed by atoms with Crippen molar-refractivity contribution in [1.82, 2.24) is 19.4 Å². The smallest absolute Gasteiger partial charge is 0.256 e. The van der Waals surface area contributed by atoms with E-state index in [0.717, 1.165) is 50.0 Å². The minimum Gasteiger partial charge on any atom is -0.386 e. The molecule has 1 aromatic heterocycles. The molecule has 0 spiro atoms. The molecule has 0 saturated carbocycles. The minimum absolute atomic E-state index is 0.0408. The van der Waals surface area contributed by atoms with Gasteiger partial charge >= 0.3 is 0 Å². The summed E-state index contributed by atoms with van der Waals surface area (Å²) in [6.45, 7) is 3.22. The fourth-order valence-corrected chi connectivity index (χ4v) is 9.78. The molecule has 7 rings (SSSR count). The quantitative estimate of drug-likeness (QED) is 0.228. The zero-order valence-electron chi connectivity index (χ0n) is 27.7. The minimum atomic E-state index is -4.13. The first-order valence-electron chi connectivity index (χ1n) is 17.1. The molecule has 3 N–H and O–H groups in total. The molecule has 2 unspecified atom stereocenters. The number of benzene rings is 3. The SMILES string of the molecule is CNc1c(S(N)(=O)=O)ccc(CF)c1C(=O)N1CCC(CCN2C3CCC2CC(n2c(C)nc4ccccc42)C3)(c2ccccc2)CC1. The highest BCUT2D eigenvalue weighted by Gasteiger charge is 2.44. The molecule has 11 heteroatoms. The number of rotatable bonds is 9. The van der Waals surface area contributed by atoms with Gasteiger partial charge in [-0.05, 0) is 93.2 Å². The number of aryl methyl sites for hydroxylation is 1. The third-order valence-electron chi connectivity index (χ3n) is 11.4. The number of piperidine rings is 2. The second-order valence-electron chi connectivity index (χ2n) is 13.9. The molecule has 2 bridgehead atoms. The van der Waals surface area contributed by atoms with Gasteiger partial charge in [0, 0.05) is 38.3 Å². The summed E-state index contributed by atoms with van der Waals surface area (Å²) in [7, 11) is -2.61. The largest absolute Gasteiger partial charge is 0.386 e. The zero-order valence-corrected chi connectivity index (χ0v) is 28.6. The number of amides is 1. The lowest BCUT2D eigenvalue weighted by Crippen LogP contribution is -2.49. The molecule has 254 valence electrons. The molecule has 3 fully saturated rings. The van der Waals surface area contributed by atoms with Crippen molar-refractivity contribution in [1.29, 1.82) is 0 Å². The van der Waals surface area contributed by atoms with Gasteiger partial charge in [0.05, 0.1) is 22.3 Å². The number of anilines is 1. The van der Waals surface area contributed by atoms with Crippen LogP contribution in [0.25, 0.3) is 11.0 Å². The maximum atomic E-state index is 14.2. The van der Waals surface area contributed by atoms with Crippen molar-refractivity contribution in [2.45, 2.75) is 87.0 Å². The number of imidazole rings is 1. The van der Waals surface area contributed by atoms with Gasteiger partial charge in [-0.1, -0.05) is 48.5 Å². The first-order chi connectivity index (χ1) is 23.1. The Kier molecular flexibility index (Phi) is 8.80.